The number of phenols is 1. The number of phenolic OH excluding ortho intramolecular Hbond substituents is 1. The number of hydrogen-bond acceptors (Lipinski definition) is 3. The lowest BCUT2D eigenvalue weighted by Crippen LogP contribution is -2.01. The Morgan fingerprint density at radius 1 is 1.41 bits per heavy atom. The van der Waals surface area contributed by atoms with E-state index >= 15 is 0 Å². The molecule has 1 aromatic rings. The number of aliphatic imine (C=N–C) groups is 1. The van der Waals surface area contributed by atoms with Gasteiger partial charge in [-0.05, 0) is 36.1 Å². The zero-order valence-corrected chi connectivity index (χ0v) is 11.6. The number of thioether (sulfide) groups is 1. The maximum Gasteiger partial charge on any atom is 0.119 e. The summed E-state index contributed by atoms with van der Waals surface area (Å²) < 4.78 is 0. The van der Waals surface area contributed by atoms with Gasteiger partial charge in [0.15, 0.2) is 0 Å². The van der Waals surface area contributed by atoms with Crippen LogP contribution >= 0.6 is 11.8 Å². The van der Waals surface area contributed by atoms with E-state index in [0.29, 0.717) is 16.9 Å². The molecule has 1 aliphatic rings. The van der Waals surface area contributed by atoms with Crippen molar-refractivity contribution in [1.82, 2.24) is 0 Å². The number of hydrogen-bond donors (Lipinski definition) is 1. The van der Waals surface area contributed by atoms with E-state index in [9.17, 15) is 5.11 Å². The van der Waals surface area contributed by atoms with Gasteiger partial charge in [0.25, 0.3) is 0 Å². The lowest BCUT2D eigenvalue weighted by atomic mass is 9.97. The van der Waals surface area contributed by atoms with Gasteiger partial charge in [-0.25, -0.2) is 0 Å². The number of aryl methyl sites for hydroxylation is 1. The standard InChI is InChI=1S/C14H19NOS/c1-8(2)11-6-12(9(3)5-13(11)16)14-15-7-10(4)17-14/h5-6,8,10,16H,7H2,1-4H3/t10-/m0/s1. The minimum Gasteiger partial charge on any atom is -0.508 e. The van der Waals surface area contributed by atoms with Crippen LogP contribution in [0.5, 0.6) is 5.75 Å². The molecule has 0 aromatic heterocycles. The third-order valence-corrected chi connectivity index (χ3v) is 4.15. The molecule has 0 bridgehead atoms. The summed E-state index contributed by atoms with van der Waals surface area (Å²) >= 11 is 1.83. The van der Waals surface area contributed by atoms with Crippen molar-refractivity contribution < 1.29 is 5.11 Å². The van der Waals surface area contributed by atoms with Crippen LogP contribution < -0.4 is 0 Å². The van der Waals surface area contributed by atoms with Crippen LogP contribution in [0, 0.1) is 6.92 Å². The van der Waals surface area contributed by atoms with Gasteiger partial charge in [0, 0.05) is 10.8 Å². The van der Waals surface area contributed by atoms with Gasteiger partial charge in [-0.15, -0.1) is 11.8 Å². The number of benzene rings is 1. The highest BCUT2D eigenvalue weighted by atomic mass is 32.2. The molecule has 1 aliphatic heterocycles. The molecule has 3 heteroatoms. The molecular weight excluding hydrogens is 230 g/mol. The Morgan fingerprint density at radius 2 is 2.12 bits per heavy atom. The van der Waals surface area contributed by atoms with E-state index in [2.05, 4.69) is 31.8 Å². The predicted octanol–water partition coefficient (Wildman–Crippen LogP) is 3.71. The van der Waals surface area contributed by atoms with Crippen LogP contribution in [0.3, 0.4) is 0 Å². The second-order valence-corrected chi connectivity index (χ2v) is 6.38. The van der Waals surface area contributed by atoms with Crippen molar-refractivity contribution in [3.05, 3.63) is 28.8 Å². The molecule has 1 heterocycles. The largest absolute Gasteiger partial charge is 0.508 e. The van der Waals surface area contributed by atoms with Crippen LogP contribution in [0.1, 0.15) is 43.4 Å². The molecule has 1 atom stereocenters. The Hall–Kier alpha value is -0.960. The second kappa shape index (κ2) is 4.73. The predicted molar refractivity (Wildman–Crippen MR) is 75.4 cm³/mol. The molecule has 0 radical (unpaired) electrons. The number of nitrogens with zero attached hydrogens (tertiary/aromatic N) is 1. The highest BCUT2D eigenvalue weighted by Crippen LogP contribution is 2.33. The summed E-state index contributed by atoms with van der Waals surface area (Å²) in [5, 5.41) is 11.6. The first-order valence-corrected chi connectivity index (χ1v) is 6.92. The lowest BCUT2D eigenvalue weighted by molar-refractivity contribution is 0.464. The minimum atomic E-state index is 0.332. The lowest BCUT2D eigenvalue weighted by Gasteiger charge is -2.13. The average molecular weight is 249 g/mol. The Morgan fingerprint density at radius 3 is 2.65 bits per heavy atom. The molecule has 2 nitrogen and oxygen atoms in total. The summed E-state index contributed by atoms with van der Waals surface area (Å²) in [7, 11) is 0. The van der Waals surface area contributed by atoms with Gasteiger partial charge in [0.2, 0.25) is 0 Å². The van der Waals surface area contributed by atoms with E-state index in [1.165, 1.54) is 5.56 Å². The Bertz CT molecular complexity index is 466. The molecule has 0 saturated carbocycles. The summed E-state index contributed by atoms with van der Waals surface area (Å²) in [5.41, 5.74) is 3.29. The summed E-state index contributed by atoms with van der Waals surface area (Å²) in [6, 6.07) is 3.95. The van der Waals surface area contributed by atoms with Crippen molar-refractivity contribution in [2.45, 2.75) is 38.9 Å². The maximum absolute atomic E-state index is 9.93. The van der Waals surface area contributed by atoms with Crippen LogP contribution in [0.25, 0.3) is 0 Å². The van der Waals surface area contributed by atoms with Crippen LogP contribution in [0.15, 0.2) is 17.1 Å². The van der Waals surface area contributed by atoms with Crippen molar-refractivity contribution in [3.63, 3.8) is 0 Å². The molecule has 1 aromatic carbocycles. The summed E-state index contributed by atoms with van der Waals surface area (Å²) in [4.78, 5) is 4.58. The Balaban J connectivity index is 2.44. The monoisotopic (exact) mass is 249 g/mol. The van der Waals surface area contributed by atoms with Crippen molar-refractivity contribution in [2.24, 2.45) is 4.99 Å². The van der Waals surface area contributed by atoms with E-state index in [1.807, 2.05) is 24.8 Å². The molecular formula is C14H19NOS. The van der Waals surface area contributed by atoms with Gasteiger partial charge in [-0.2, -0.15) is 0 Å². The van der Waals surface area contributed by atoms with Gasteiger partial charge in [0.05, 0.1) is 11.6 Å². The quantitative estimate of drug-likeness (QED) is 0.866. The minimum absolute atomic E-state index is 0.332. The average Bonchev–Trinajstić information content (AvgIpc) is 2.64. The zero-order valence-electron chi connectivity index (χ0n) is 10.8. The number of aromatic hydroxyl groups is 1. The molecule has 1 N–H and O–H groups in total. The summed E-state index contributed by atoms with van der Waals surface area (Å²) in [5.74, 6) is 0.733. The van der Waals surface area contributed by atoms with Gasteiger partial charge in [0.1, 0.15) is 5.75 Å². The first-order valence-electron chi connectivity index (χ1n) is 6.04. The Kier molecular flexibility index (Phi) is 3.48. The first kappa shape index (κ1) is 12.5. The van der Waals surface area contributed by atoms with E-state index in [0.717, 1.165) is 22.7 Å². The van der Waals surface area contributed by atoms with Crippen LogP contribution in [0.4, 0.5) is 0 Å². The molecule has 2 rings (SSSR count). The fraction of sp³-hybridized carbons (Fsp3) is 0.500. The normalized spacial score (nSPS) is 19.8. The first-order chi connectivity index (χ1) is 7.99. The molecule has 17 heavy (non-hydrogen) atoms. The van der Waals surface area contributed by atoms with Crippen molar-refractivity contribution >= 4 is 16.8 Å². The summed E-state index contributed by atoms with van der Waals surface area (Å²) in [6.45, 7) is 9.32. The zero-order chi connectivity index (χ0) is 12.6. The fourth-order valence-corrected chi connectivity index (χ4v) is 3.05. The molecule has 0 saturated heterocycles. The van der Waals surface area contributed by atoms with Gasteiger partial charge >= 0.3 is 0 Å². The topological polar surface area (TPSA) is 32.6 Å². The summed E-state index contributed by atoms with van der Waals surface area (Å²) in [6.07, 6.45) is 0. The molecule has 0 amide bonds. The van der Waals surface area contributed by atoms with Crippen LogP contribution in [-0.4, -0.2) is 21.9 Å². The SMILES string of the molecule is Cc1cc(O)c(C(C)C)cc1C1=NC[C@H](C)S1. The van der Waals surface area contributed by atoms with E-state index in [4.69, 9.17) is 0 Å². The Labute approximate surface area is 107 Å². The van der Waals surface area contributed by atoms with Crippen LogP contribution in [-0.2, 0) is 0 Å². The van der Waals surface area contributed by atoms with Crippen molar-refractivity contribution in [1.29, 1.82) is 0 Å². The van der Waals surface area contributed by atoms with Crippen LogP contribution in [0.2, 0.25) is 0 Å². The van der Waals surface area contributed by atoms with Crippen molar-refractivity contribution in [2.75, 3.05) is 6.54 Å². The molecule has 0 fully saturated rings. The third kappa shape index (κ3) is 2.49. The second-order valence-electron chi connectivity index (χ2n) is 4.95. The van der Waals surface area contributed by atoms with Gasteiger partial charge in [-0.3, -0.25) is 4.99 Å². The van der Waals surface area contributed by atoms with E-state index in [1.54, 1.807) is 0 Å². The maximum atomic E-state index is 9.93. The molecule has 0 unspecified atom stereocenters. The number of rotatable bonds is 2. The fourth-order valence-electron chi connectivity index (χ4n) is 2.03. The van der Waals surface area contributed by atoms with E-state index < -0.39 is 0 Å². The van der Waals surface area contributed by atoms with E-state index in [-0.39, 0.29) is 0 Å². The highest BCUT2D eigenvalue weighted by molar-refractivity contribution is 8.15. The highest BCUT2D eigenvalue weighted by Gasteiger charge is 2.20. The van der Waals surface area contributed by atoms with Gasteiger partial charge in [-0.1, -0.05) is 20.8 Å². The smallest absolute Gasteiger partial charge is 0.119 e. The molecule has 0 aliphatic carbocycles. The van der Waals surface area contributed by atoms with Crippen molar-refractivity contribution in [3.8, 4) is 5.75 Å². The molecule has 0 spiro atoms. The molecule has 92 valence electrons. The van der Waals surface area contributed by atoms with Gasteiger partial charge < -0.3 is 5.11 Å². The third-order valence-electron chi connectivity index (χ3n) is 3.03.